The summed E-state index contributed by atoms with van der Waals surface area (Å²) in [5.74, 6) is -0.446. The number of nitrogens with zero attached hydrogens (tertiary/aromatic N) is 4. The monoisotopic (exact) mass is 610 g/mol. The number of hydrogen-bond acceptors (Lipinski definition) is 6. The van der Waals surface area contributed by atoms with E-state index >= 15 is 0 Å². The molecule has 0 spiro atoms. The van der Waals surface area contributed by atoms with Crippen LogP contribution in [-0.2, 0) is 17.8 Å². The van der Waals surface area contributed by atoms with Crippen molar-refractivity contribution in [2.24, 2.45) is 5.92 Å². The Morgan fingerprint density at radius 2 is 1.89 bits per heavy atom. The fraction of sp³-hybridized carbons (Fsp3) is 0.406. The molecule has 234 valence electrons. The number of alkyl halides is 3. The minimum absolute atomic E-state index is 0.0192. The van der Waals surface area contributed by atoms with Crippen molar-refractivity contribution >= 4 is 11.6 Å². The van der Waals surface area contributed by atoms with E-state index < -0.39 is 18.6 Å². The van der Waals surface area contributed by atoms with Gasteiger partial charge in [-0.05, 0) is 44.5 Å². The molecule has 2 aliphatic heterocycles. The third-order valence-corrected chi connectivity index (χ3v) is 8.38. The van der Waals surface area contributed by atoms with Crippen LogP contribution < -0.4 is 15.6 Å². The number of ether oxygens (including phenoxy) is 1. The zero-order valence-corrected chi connectivity index (χ0v) is 25.3. The van der Waals surface area contributed by atoms with E-state index in [-0.39, 0.29) is 31.1 Å². The second kappa shape index (κ2) is 12.4. The number of aryl methyl sites for hydroxylation is 2. The highest BCUT2D eigenvalue weighted by atomic mass is 19.4. The normalized spacial score (nSPS) is 17.4. The number of H-pyrrole nitrogens is 1. The Hall–Kier alpha value is -4.32. The summed E-state index contributed by atoms with van der Waals surface area (Å²) in [7, 11) is 1.48. The van der Waals surface area contributed by atoms with E-state index in [0.29, 0.717) is 42.2 Å². The van der Waals surface area contributed by atoms with Gasteiger partial charge in [0, 0.05) is 73.2 Å². The van der Waals surface area contributed by atoms with E-state index in [4.69, 9.17) is 4.74 Å². The van der Waals surface area contributed by atoms with Gasteiger partial charge in [-0.2, -0.15) is 13.2 Å². The van der Waals surface area contributed by atoms with Crippen molar-refractivity contribution < 1.29 is 22.7 Å². The number of amides is 1. The molecule has 3 aromatic rings. The van der Waals surface area contributed by atoms with E-state index in [0.717, 1.165) is 33.8 Å². The first-order valence-corrected chi connectivity index (χ1v) is 14.5. The number of carbonyl (C=O) groups excluding carboxylic acids is 1. The molecule has 0 aromatic carbocycles. The minimum atomic E-state index is -4.25. The molecule has 12 heteroatoms. The summed E-state index contributed by atoms with van der Waals surface area (Å²) in [6, 6.07) is 7.61. The first-order valence-electron chi connectivity index (χ1n) is 14.5. The standard InChI is InChI=1S/C32H37F3N6O3/c1-19-6-7-23(16-36-19)24-8-9-41-27(24)15-25(30(42)37-17-26-28(44-5)14-20(2)38-31(26)43)21(3)29(41)22(4)40-12-10-39(11-13-40)18-32(33,34)35/h6-9,14,16,25H,4,10-13,15,17-18H2,1-3,5H3,(H,37,42)(H,38,43). The van der Waals surface area contributed by atoms with Crippen LogP contribution in [0.4, 0.5) is 13.2 Å². The summed E-state index contributed by atoms with van der Waals surface area (Å²) in [4.78, 5) is 37.1. The highest BCUT2D eigenvalue weighted by Crippen LogP contribution is 2.40. The van der Waals surface area contributed by atoms with Gasteiger partial charge in [0.15, 0.2) is 0 Å². The molecule has 1 amide bonds. The second-order valence-corrected chi connectivity index (χ2v) is 11.4. The largest absolute Gasteiger partial charge is 0.496 e. The van der Waals surface area contributed by atoms with Gasteiger partial charge in [0.1, 0.15) is 5.75 Å². The van der Waals surface area contributed by atoms with E-state index in [1.165, 1.54) is 12.0 Å². The molecule has 1 atom stereocenters. The lowest BCUT2D eigenvalue weighted by atomic mass is 9.86. The van der Waals surface area contributed by atoms with Gasteiger partial charge in [-0.1, -0.05) is 12.6 Å². The van der Waals surface area contributed by atoms with Crippen LogP contribution >= 0.6 is 0 Å². The third kappa shape index (κ3) is 6.45. The number of fused-ring (bicyclic) bond motifs is 1. The molecule has 0 saturated carbocycles. The Labute approximate surface area is 254 Å². The topological polar surface area (TPSA) is 95.5 Å². The van der Waals surface area contributed by atoms with Crippen molar-refractivity contribution in [3.8, 4) is 16.9 Å². The molecule has 44 heavy (non-hydrogen) atoms. The predicted octanol–water partition coefficient (Wildman–Crippen LogP) is 4.28. The Morgan fingerprint density at radius 1 is 1.16 bits per heavy atom. The summed E-state index contributed by atoms with van der Waals surface area (Å²) in [6.07, 6.45) is -0.113. The van der Waals surface area contributed by atoms with Crippen LogP contribution in [0.1, 0.15) is 29.6 Å². The molecule has 5 heterocycles. The number of pyridine rings is 2. The van der Waals surface area contributed by atoms with Crippen LogP contribution in [0.3, 0.4) is 0 Å². The van der Waals surface area contributed by atoms with Crippen molar-refractivity contribution in [1.29, 1.82) is 0 Å². The average molecular weight is 611 g/mol. The average Bonchev–Trinajstić information content (AvgIpc) is 3.39. The van der Waals surface area contributed by atoms with Gasteiger partial charge < -0.3 is 24.5 Å². The van der Waals surface area contributed by atoms with Gasteiger partial charge in [0.05, 0.1) is 43.1 Å². The number of piperazine rings is 1. The van der Waals surface area contributed by atoms with Crippen LogP contribution in [0, 0.1) is 19.8 Å². The van der Waals surface area contributed by atoms with Crippen molar-refractivity contribution in [2.75, 3.05) is 39.8 Å². The Morgan fingerprint density at radius 3 is 2.52 bits per heavy atom. The number of allylic oxidation sites excluding steroid dienone is 1. The fourth-order valence-electron chi connectivity index (χ4n) is 6.04. The fourth-order valence-corrected chi connectivity index (χ4v) is 6.04. The molecule has 2 N–H and O–H groups in total. The Balaban J connectivity index is 1.46. The smallest absolute Gasteiger partial charge is 0.401 e. The quantitative estimate of drug-likeness (QED) is 0.396. The maximum absolute atomic E-state index is 13.8. The summed E-state index contributed by atoms with van der Waals surface area (Å²) in [5, 5.41) is 2.94. The highest BCUT2D eigenvalue weighted by Gasteiger charge is 2.36. The molecular formula is C32H37F3N6O3. The van der Waals surface area contributed by atoms with Crippen LogP contribution in [-0.4, -0.2) is 76.3 Å². The first-order chi connectivity index (χ1) is 20.9. The van der Waals surface area contributed by atoms with Gasteiger partial charge in [-0.25, -0.2) is 0 Å². The maximum Gasteiger partial charge on any atom is 0.401 e. The van der Waals surface area contributed by atoms with Crippen molar-refractivity contribution in [2.45, 2.75) is 39.9 Å². The molecule has 0 radical (unpaired) electrons. The number of aromatic nitrogens is 3. The highest BCUT2D eigenvalue weighted by molar-refractivity contribution is 5.87. The van der Waals surface area contributed by atoms with Gasteiger partial charge in [-0.15, -0.1) is 0 Å². The maximum atomic E-state index is 13.8. The summed E-state index contributed by atoms with van der Waals surface area (Å²) >= 11 is 0. The lowest BCUT2D eigenvalue weighted by Gasteiger charge is -2.39. The number of aromatic amines is 1. The Kier molecular flexibility index (Phi) is 8.73. The van der Waals surface area contributed by atoms with E-state index in [9.17, 15) is 22.8 Å². The van der Waals surface area contributed by atoms with Gasteiger partial charge in [-0.3, -0.25) is 19.5 Å². The van der Waals surface area contributed by atoms with E-state index in [1.54, 1.807) is 19.2 Å². The van der Waals surface area contributed by atoms with Crippen molar-refractivity contribution in [3.05, 3.63) is 87.5 Å². The molecule has 1 saturated heterocycles. The second-order valence-electron chi connectivity index (χ2n) is 11.4. The Bertz CT molecular complexity index is 1650. The summed E-state index contributed by atoms with van der Waals surface area (Å²) < 4.78 is 46.4. The molecule has 3 aromatic heterocycles. The zero-order chi connectivity index (χ0) is 31.8. The number of halogens is 3. The number of rotatable bonds is 8. The summed E-state index contributed by atoms with van der Waals surface area (Å²) in [6.45, 7) is 10.2. The number of hydrogen-bond donors (Lipinski definition) is 2. The zero-order valence-electron chi connectivity index (χ0n) is 25.3. The van der Waals surface area contributed by atoms with Crippen LogP contribution in [0.2, 0.25) is 0 Å². The predicted molar refractivity (Wildman–Crippen MR) is 162 cm³/mol. The molecule has 1 unspecified atom stereocenters. The van der Waals surface area contributed by atoms with Crippen molar-refractivity contribution in [3.63, 3.8) is 0 Å². The molecule has 2 aliphatic rings. The lowest BCUT2D eigenvalue weighted by molar-refractivity contribution is -0.148. The first kappa shape index (κ1) is 31.1. The van der Waals surface area contributed by atoms with Gasteiger partial charge >= 0.3 is 6.18 Å². The van der Waals surface area contributed by atoms with Crippen molar-refractivity contribution in [1.82, 2.24) is 29.7 Å². The third-order valence-electron chi connectivity index (χ3n) is 8.38. The number of methoxy groups -OCH3 is 1. The minimum Gasteiger partial charge on any atom is -0.496 e. The van der Waals surface area contributed by atoms with E-state index in [2.05, 4.69) is 21.9 Å². The molecule has 5 rings (SSSR count). The molecular weight excluding hydrogens is 573 g/mol. The number of nitrogens with one attached hydrogen (secondary N) is 2. The molecule has 1 fully saturated rings. The van der Waals surface area contributed by atoms with Crippen LogP contribution in [0.15, 0.2) is 59.3 Å². The summed E-state index contributed by atoms with van der Waals surface area (Å²) in [5.41, 5.74) is 6.43. The lowest BCUT2D eigenvalue weighted by Crippen LogP contribution is -2.49. The van der Waals surface area contributed by atoms with Gasteiger partial charge in [0.25, 0.3) is 5.56 Å². The molecule has 9 nitrogen and oxygen atoms in total. The molecule has 0 bridgehead atoms. The van der Waals surface area contributed by atoms with E-state index in [1.807, 2.05) is 47.7 Å². The van der Waals surface area contributed by atoms with Crippen LogP contribution in [0.25, 0.3) is 16.8 Å². The van der Waals surface area contributed by atoms with Gasteiger partial charge in [0.2, 0.25) is 5.91 Å². The van der Waals surface area contributed by atoms with Crippen LogP contribution in [0.5, 0.6) is 5.75 Å². The SMILES string of the molecule is C=C(C1=C(C)C(C(=O)NCc2c(OC)cc(C)[nH]c2=O)Cc2c(-c3ccc(C)nc3)ccn21)N1CCN(CC(F)(F)F)CC1. The number of carbonyl (C=O) groups is 1. The molecule has 0 aliphatic carbocycles.